The van der Waals surface area contributed by atoms with Gasteiger partial charge in [0.05, 0.1) is 53.2 Å². The van der Waals surface area contributed by atoms with E-state index in [1.165, 1.54) is 23.8 Å². The smallest absolute Gasteiger partial charge is 0.338 e. The molecule has 228 valence electrons. The van der Waals surface area contributed by atoms with Crippen LogP contribution in [0.1, 0.15) is 31.2 Å². The Morgan fingerprint density at radius 1 is 1.09 bits per heavy atom. The molecule has 0 unspecified atom stereocenters. The number of hydrogen-bond acceptors (Lipinski definition) is 10. The number of fused-ring (bicyclic) bond motifs is 2. The van der Waals surface area contributed by atoms with Gasteiger partial charge in [-0.2, -0.15) is 0 Å². The number of nitro groups is 1. The summed E-state index contributed by atoms with van der Waals surface area (Å²) in [5.74, 6) is 0.990. The number of furan rings is 1. The molecule has 0 spiro atoms. The van der Waals surface area contributed by atoms with Crippen LogP contribution in [0.5, 0.6) is 11.5 Å². The zero-order chi connectivity index (χ0) is 31.8. The number of hydrogen-bond donors (Lipinski definition) is 0. The Labute approximate surface area is 260 Å². The Hall–Kier alpha value is -5.49. The number of nitro benzene ring substituents is 1. The van der Waals surface area contributed by atoms with Crippen LogP contribution < -0.4 is 24.4 Å². The van der Waals surface area contributed by atoms with Crippen molar-refractivity contribution in [2.24, 2.45) is 4.99 Å². The fourth-order valence-corrected chi connectivity index (χ4v) is 6.53. The van der Waals surface area contributed by atoms with Gasteiger partial charge in [0.1, 0.15) is 29.1 Å². The van der Waals surface area contributed by atoms with Crippen molar-refractivity contribution < 1.29 is 28.3 Å². The quantitative estimate of drug-likeness (QED) is 0.131. The molecule has 12 heteroatoms. The summed E-state index contributed by atoms with van der Waals surface area (Å²) in [4.78, 5) is 43.4. The largest absolute Gasteiger partial charge is 0.496 e. The van der Waals surface area contributed by atoms with Crippen molar-refractivity contribution in [2.45, 2.75) is 19.9 Å². The number of aromatic nitrogens is 1. The fourth-order valence-electron chi connectivity index (χ4n) is 5.50. The fraction of sp³-hybridized carbons (Fsp3) is 0.182. The first-order valence-corrected chi connectivity index (χ1v) is 14.7. The summed E-state index contributed by atoms with van der Waals surface area (Å²) in [7, 11) is 2.97. The molecule has 0 amide bonds. The van der Waals surface area contributed by atoms with Crippen LogP contribution >= 0.6 is 11.3 Å². The molecule has 1 aliphatic heterocycles. The first kappa shape index (κ1) is 29.6. The topological polar surface area (TPSA) is 135 Å². The molecular formula is C33H27N3O8S. The third-order valence-corrected chi connectivity index (χ3v) is 8.49. The molecule has 1 aliphatic rings. The molecule has 0 bridgehead atoms. The van der Waals surface area contributed by atoms with E-state index in [4.69, 9.17) is 18.6 Å². The molecule has 5 aromatic rings. The van der Waals surface area contributed by atoms with Gasteiger partial charge in [-0.05, 0) is 48.9 Å². The highest BCUT2D eigenvalue weighted by atomic mass is 32.1. The van der Waals surface area contributed by atoms with E-state index < -0.39 is 16.9 Å². The van der Waals surface area contributed by atoms with Gasteiger partial charge in [-0.3, -0.25) is 19.5 Å². The molecule has 11 nitrogen and oxygen atoms in total. The highest BCUT2D eigenvalue weighted by Gasteiger charge is 2.36. The van der Waals surface area contributed by atoms with E-state index in [1.807, 2.05) is 36.4 Å². The average Bonchev–Trinajstić information content (AvgIpc) is 3.63. The number of non-ortho nitro benzene ring substituents is 1. The molecule has 45 heavy (non-hydrogen) atoms. The molecule has 0 saturated carbocycles. The van der Waals surface area contributed by atoms with Crippen LogP contribution in [0.4, 0.5) is 5.69 Å². The molecule has 1 atom stereocenters. The molecule has 0 N–H and O–H groups in total. The highest BCUT2D eigenvalue weighted by Crippen LogP contribution is 2.40. The summed E-state index contributed by atoms with van der Waals surface area (Å²) in [6, 6.07) is 18.2. The second-order valence-corrected chi connectivity index (χ2v) is 11.1. The van der Waals surface area contributed by atoms with E-state index in [0.717, 1.165) is 22.1 Å². The number of carbonyl (C=O) groups excluding carboxylic acids is 1. The third-order valence-electron chi connectivity index (χ3n) is 7.50. The number of carbonyl (C=O) groups is 1. The van der Waals surface area contributed by atoms with Crippen LogP contribution in [-0.2, 0) is 9.53 Å². The predicted molar refractivity (Wildman–Crippen MR) is 168 cm³/mol. The summed E-state index contributed by atoms with van der Waals surface area (Å²) in [6.45, 7) is 3.60. The van der Waals surface area contributed by atoms with E-state index in [2.05, 4.69) is 4.99 Å². The normalized spacial score (nSPS) is 14.7. The number of benzene rings is 3. The van der Waals surface area contributed by atoms with Crippen LogP contribution in [0.3, 0.4) is 0 Å². The lowest BCUT2D eigenvalue weighted by atomic mass is 9.90. The molecule has 0 radical (unpaired) electrons. The SMILES string of the molecule is CCOC(=O)C1=C(C)N=c2s/c(=C/c3ccc(-c4ccc([N+](=O)[O-])cc4OC)o3)c(=O)n2[C@@H]1c1c(OC)ccc2ccccc12. The minimum absolute atomic E-state index is 0.113. The van der Waals surface area contributed by atoms with Crippen LogP contribution in [0.15, 0.2) is 92.2 Å². The first-order chi connectivity index (χ1) is 21.7. The lowest BCUT2D eigenvalue weighted by Gasteiger charge is -2.27. The Morgan fingerprint density at radius 2 is 1.87 bits per heavy atom. The number of rotatable bonds is 8. The lowest BCUT2D eigenvalue weighted by molar-refractivity contribution is -0.384. The van der Waals surface area contributed by atoms with E-state index in [1.54, 1.807) is 45.2 Å². The molecule has 2 aromatic heterocycles. The Kier molecular flexibility index (Phi) is 7.81. The van der Waals surface area contributed by atoms with Crippen molar-refractivity contribution in [1.82, 2.24) is 4.57 Å². The van der Waals surface area contributed by atoms with Crippen molar-refractivity contribution in [2.75, 3.05) is 20.8 Å². The zero-order valence-electron chi connectivity index (χ0n) is 24.7. The Morgan fingerprint density at radius 3 is 2.60 bits per heavy atom. The molecule has 0 saturated heterocycles. The van der Waals surface area contributed by atoms with Crippen molar-refractivity contribution >= 4 is 39.8 Å². The maximum atomic E-state index is 14.2. The minimum Gasteiger partial charge on any atom is -0.496 e. The standard InChI is InChI=1S/C33H27N3O8S/c1-5-43-32(38)28-18(2)34-33-35(30(28)29-22-9-7-6-8-19(22)10-14-25(29)41-3)31(37)27(45-33)17-21-12-15-24(44-21)23-13-11-20(36(39)40)16-26(23)42-4/h6-17,30H,5H2,1-4H3/b27-17+/t30-/m0/s1. The molecule has 6 rings (SSSR count). The Bertz CT molecular complexity index is 2210. The number of esters is 1. The van der Waals surface area contributed by atoms with Gasteiger partial charge in [-0.15, -0.1) is 0 Å². The number of nitrogens with zero attached hydrogens (tertiary/aromatic N) is 3. The van der Waals surface area contributed by atoms with Crippen LogP contribution in [-0.4, -0.2) is 36.3 Å². The van der Waals surface area contributed by atoms with Gasteiger partial charge in [0.15, 0.2) is 4.80 Å². The summed E-state index contributed by atoms with van der Waals surface area (Å²) < 4.78 is 24.5. The van der Waals surface area contributed by atoms with E-state index in [0.29, 0.717) is 43.4 Å². The number of ether oxygens (including phenoxy) is 3. The maximum Gasteiger partial charge on any atom is 0.338 e. The lowest BCUT2D eigenvalue weighted by Crippen LogP contribution is -2.40. The zero-order valence-corrected chi connectivity index (χ0v) is 25.5. The number of allylic oxidation sites excluding steroid dienone is 1. The molecule has 3 aromatic carbocycles. The molecule has 0 aliphatic carbocycles. The van der Waals surface area contributed by atoms with Crippen molar-refractivity contribution in [3.8, 4) is 22.8 Å². The third kappa shape index (κ3) is 5.18. The monoisotopic (exact) mass is 625 g/mol. The maximum absolute atomic E-state index is 14.2. The summed E-state index contributed by atoms with van der Waals surface area (Å²) in [5, 5.41) is 12.9. The van der Waals surface area contributed by atoms with Crippen LogP contribution in [0.25, 0.3) is 28.2 Å². The van der Waals surface area contributed by atoms with E-state index >= 15 is 0 Å². The van der Waals surface area contributed by atoms with Crippen molar-refractivity contribution in [1.29, 1.82) is 0 Å². The van der Waals surface area contributed by atoms with Crippen molar-refractivity contribution in [3.05, 3.63) is 119 Å². The van der Waals surface area contributed by atoms with Crippen molar-refractivity contribution in [3.63, 3.8) is 0 Å². The second-order valence-electron chi connectivity index (χ2n) is 10.0. The predicted octanol–water partition coefficient (Wildman–Crippen LogP) is 5.14. The minimum atomic E-state index is -0.875. The van der Waals surface area contributed by atoms with Gasteiger partial charge >= 0.3 is 5.97 Å². The van der Waals surface area contributed by atoms with Crippen LogP contribution in [0, 0.1) is 10.1 Å². The number of thiazole rings is 1. The van der Waals surface area contributed by atoms with Gasteiger partial charge in [-0.1, -0.05) is 41.7 Å². The van der Waals surface area contributed by atoms with Crippen LogP contribution in [0.2, 0.25) is 0 Å². The average molecular weight is 626 g/mol. The molecule has 3 heterocycles. The van der Waals surface area contributed by atoms with Gasteiger partial charge in [0.25, 0.3) is 11.2 Å². The van der Waals surface area contributed by atoms with Gasteiger partial charge in [0.2, 0.25) is 0 Å². The first-order valence-electron chi connectivity index (χ1n) is 13.9. The summed E-state index contributed by atoms with van der Waals surface area (Å²) >= 11 is 1.16. The van der Waals surface area contributed by atoms with E-state index in [-0.39, 0.29) is 29.2 Å². The summed E-state index contributed by atoms with van der Waals surface area (Å²) in [6.07, 6.45) is 1.60. The van der Waals surface area contributed by atoms with Gasteiger partial charge in [0, 0.05) is 17.7 Å². The van der Waals surface area contributed by atoms with Gasteiger partial charge in [-0.25, -0.2) is 9.79 Å². The highest BCUT2D eigenvalue weighted by molar-refractivity contribution is 7.07. The van der Waals surface area contributed by atoms with Gasteiger partial charge < -0.3 is 18.6 Å². The second kappa shape index (κ2) is 11.9. The van der Waals surface area contributed by atoms with E-state index in [9.17, 15) is 19.7 Å². The number of methoxy groups -OCH3 is 2. The molecular weight excluding hydrogens is 598 g/mol. The summed E-state index contributed by atoms with van der Waals surface area (Å²) in [5.41, 5.74) is 1.35. The Balaban J connectivity index is 1.53. The molecule has 0 fully saturated rings.